The number of aliphatic hydroxyl groups excluding tert-OH is 1. The van der Waals surface area contributed by atoms with Crippen molar-refractivity contribution >= 4 is 12.4 Å². The first-order valence-corrected chi connectivity index (χ1v) is 5.38. The van der Waals surface area contributed by atoms with Gasteiger partial charge in [-0.3, -0.25) is 0 Å². The fraction of sp³-hybridized carbons (Fsp3) is 0.500. The summed E-state index contributed by atoms with van der Waals surface area (Å²) in [6.07, 6.45) is 9.90. The Labute approximate surface area is 102 Å². The first kappa shape index (κ1) is 13.5. The summed E-state index contributed by atoms with van der Waals surface area (Å²) >= 11 is 0. The van der Waals surface area contributed by atoms with Crippen molar-refractivity contribution in [2.24, 2.45) is 0 Å². The predicted octanol–water partition coefficient (Wildman–Crippen LogP) is 1.20. The molecule has 0 radical (unpaired) electrons. The summed E-state index contributed by atoms with van der Waals surface area (Å²) in [5.74, 6) is 0. The summed E-state index contributed by atoms with van der Waals surface area (Å²) in [5.41, 5.74) is 2.94. The van der Waals surface area contributed by atoms with E-state index in [2.05, 4.69) is 29.6 Å². The lowest BCUT2D eigenvalue weighted by Gasteiger charge is -2.21. The summed E-state index contributed by atoms with van der Waals surface area (Å²) in [7, 11) is 0. The van der Waals surface area contributed by atoms with E-state index in [0.717, 1.165) is 13.2 Å². The molecule has 16 heavy (non-hydrogen) atoms. The molecule has 3 rings (SSSR count). The molecule has 3 nitrogen and oxygen atoms in total. The van der Waals surface area contributed by atoms with E-state index in [1.54, 1.807) is 0 Å². The molecule has 2 bridgehead atoms. The zero-order valence-corrected chi connectivity index (χ0v) is 10.0. The molecule has 1 fully saturated rings. The van der Waals surface area contributed by atoms with E-state index in [4.69, 9.17) is 9.84 Å². The van der Waals surface area contributed by atoms with Crippen LogP contribution in [0.4, 0.5) is 0 Å². The van der Waals surface area contributed by atoms with E-state index in [-0.39, 0.29) is 25.1 Å². The Morgan fingerprint density at radius 1 is 1.31 bits per heavy atom. The molecule has 0 spiro atoms. The highest BCUT2D eigenvalue weighted by atomic mass is 35.5. The minimum atomic E-state index is 0. The summed E-state index contributed by atoms with van der Waals surface area (Å²) < 4.78 is 5.05. The van der Waals surface area contributed by atoms with Gasteiger partial charge in [-0.05, 0) is 17.6 Å². The molecule has 2 aliphatic carbocycles. The minimum Gasteiger partial charge on any atom is -0.395 e. The van der Waals surface area contributed by atoms with Crippen molar-refractivity contribution in [3.05, 3.63) is 35.5 Å². The van der Waals surface area contributed by atoms with Crippen molar-refractivity contribution < 1.29 is 9.84 Å². The van der Waals surface area contributed by atoms with Crippen molar-refractivity contribution in [1.29, 1.82) is 0 Å². The van der Waals surface area contributed by atoms with E-state index in [0.29, 0.717) is 6.61 Å². The molecule has 1 unspecified atom stereocenters. The van der Waals surface area contributed by atoms with Crippen LogP contribution in [0.1, 0.15) is 6.42 Å². The van der Waals surface area contributed by atoms with E-state index in [1.165, 1.54) is 17.6 Å². The van der Waals surface area contributed by atoms with Crippen LogP contribution in [0.3, 0.4) is 0 Å². The molecule has 0 aromatic rings. The van der Waals surface area contributed by atoms with Gasteiger partial charge >= 0.3 is 0 Å². The van der Waals surface area contributed by atoms with Crippen LogP contribution < -0.4 is 5.32 Å². The average Bonchev–Trinajstić information content (AvgIpc) is 2.95. The van der Waals surface area contributed by atoms with Gasteiger partial charge in [0.1, 0.15) is 0 Å². The second-order valence-corrected chi connectivity index (χ2v) is 3.90. The lowest BCUT2D eigenvalue weighted by Crippen LogP contribution is -2.43. The first-order chi connectivity index (χ1) is 7.38. The van der Waals surface area contributed by atoms with Crippen LogP contribution in [0.15, 0.2) is 35.5 Å². The van der Waals surface area contributed by atoms with E-state index in [9.17, 15) is 0 Å². The van der Waals surface area contributed by atoms with E-state index < -0.39 is 0 Å². The summed E-state index contributed by atoms with van der Waals surface area (Å²) in [4.78, 5) is 0. The Morgan fingerprint density at radius 2 is 2.00 bits per heavy atom. The molecule has 1 heterocycles. The van der Waals surface area contributed by atoms with Gasteiger partial charge in [0.05, 0.1) is 25.9 Å². The van der Waals surface area contributed by atoms with Gasteiger partial charge in [-0.2, -0.15) is 0 Å². The third-order valence-electron chi connectivity index (χ3n) is 2.65. The number of hydrogen-bond donors (Lipinski definition) is 2. The predicted molar refractivity (Wildman–Crippen MR) is 66.9 cm³/mol. The average molecular weight is 244 g/mol. The van der Waals surface area contributed by atoms with Crippen molar-refractivity contribution in [2.75, 3.05) is 26.4 Å². The van der Waals surface area contributed by atoms with Gasteiger partial charge in [0.2, 0.25) is 0 Å². The molecule has 0 amide bonds. The van der Waals surface area contributed by atoms with Crippen LogP contribution in [-0.2, 0) is 4.74 Å². The summed E-state index contributed by atoms with van der Waals surface area (Å²) in [6.45, 7) is 2.47. The highest BCUT2D eigenvalue weighted by Crippen LogP contribution is 2.27. The van der Waals surface area contributed by atoms with Crippen LogP contribution in [0, 0.1) is 0 Å². The smallest absolute Gasteiger partial charge is 0.0642 e. The Hall–Kier alpha value is -0.610. The molecule has 4 heteroatoms. The number of hydrogen-bond acceptors (Lipinski definition) is 3. The summed E-state index contributed by atoms with van der Waals surface area (Å²) in [5, 5.41) is 11.6. The Bertz CT molecular complexity index is 284. The molecular formula is C12H18ClNO2. The zero-order chi connectivity index (χ0) is 10.5. The molecule has 1 atom stereocenters. The van der Waals surface area contributed by atoms with Crippen LogP contribution in [0.5, 0.6) is 0 Å². The lowest BCUT2D eigenvalue weighted by atomic mass is 10.3. The second kappa shape index (κ2) is 6.86. The molecule has 90 valence electrons. The molecular weight excluding hydrogens is 226 g/mol. The van der Waals surface area contributed by atoms with E-state index in [1.807, 2.05) is 0 Å². The van der Waals surface area contributed by atoms with Crippen LogP contribution >= 0.6 is 12.4 Å². The number of nitrogens with one attached hydrogen (secondary N) is 1. The van der Waals surface area contributed by atoms with Gasteiger partial charge in [0.15, 0.2) is 0 Å². The molecule has 1 aliphatic heterocycles. The SMILES string of the molecule is C1=CC2=CC=C1C2.Cl.OCC1COCCN1. The fourth-order valence-electron chi connectivity index (χ4n) is 1.75. The Morgan fingerprint density at radius 3 is 2.25 bits per heavy atom. The van der Waals surface area contributed by atoms with Gasteiger partial charge < -0.3 is 15.2 Å². The molecule has 1 saturated heterocycles. The van der Waals surface area contributed by atoms with Crippen molar-refractivity contribution in [2.45, 2.75) is 12.5 Å². The highest BCUT2D eigenvalue weighted by Gasteiger charge is 2.09. The largest absolute Gasteiger partial charge is 0.395 e. The van der Waals surface area contributed by atoms with Gasteiger partial charge in [-0.25, -0.2) is 0 Å². The zero-order valence-electron chi connectivity index (χ0n) is 9.19. The number of halogens is 1. The molecule has 3 aliphatic rings. The van der Waals surface area contributed by atoms with Crippen molar-refractivity contribution in [3.8, 4) is 0 Å². The maximum Gasteiger partial charge on any atom is 0.0642 e. The lowest BCUT2D eigenvalue weighted by molar-refractivity contribution is 0.0550. The molecule has 2 N–H and O–H groups in total. The number of morpholine rings is 1. The van der Waals surface area contributed by atoms with E-state index >= 15 is 0 Å². The number of ether oxygens (including phenoxy) is 1. The van der Waals surface area contributed by atoms with Crippen LogP contribution in [0.25, 0.3) is 0 Å². The summed E-state index contributed by atoms with van der Waals surface area (Å²) in [6, 6.07) is 0.170. The molecule has 0 saturated carbocycles. The minimum absolute atomic E-state index is 0. The third kappa shape index (κ3) is 3.76. The standard InChI is InChI=1S/C7H6.C5H11NO2.ClH/c1-2-7-4-3-6(1)5-7;7-3-5-4-8-2-1-6-5;/h1-4H,5H2;5-7H,1-4H2;1H. The number of allylic oxidation sites excluding steroid dienone is 6. The number of aliphatic hydroxyl groups is 1. The molecule has 0 aromatic heterocycles. The van der Waals surface area contributed by atoms with Crippen LogP contribution in [0.2, 0.25) is 0 Å². The fourth-order valence-corrected chi connectivity index (χ4v) is 1.75. The normalized spacial score (nSPS) is 25.2. The maximum absolute atomic E-state index is 8.55. The van der Waals surface area contributed by atoms with Crippen LogP contribution in [-0.4, -0.2) is 37.5 Å². The van der Waals surface area contributed by atoms with Gasteiger partial charge in [-0.1, -0.05) is 24.3 Å². The third-order valence-corrected chi connectivity index (χ3v) is 2.65. The van der Waals surface area contributed by atoms with Gasteiger partial charge in [0, 0.05) is 6.54 Å². The second-order valence-electron chi connectivity index (χ2n) is 3.90. The maximum atomic E-state index is 8.55. The quantitative estimate of drug-likeness (QED) is 0.727. The first-order valence-electron chi connectivity index (χ1n) is 5.38. The number of rotatable bonds is 1. The topological polar surface area (TPSA) is 41.5 Å². The highest BCUT2D eigenvalue weighted by molar-refractivity contribution is 5.85. The Balaban J connectivity index is 0.000000151. The number of fused-ring (bicyclic) bond motifs is 2. The monoisotopic (exact) mass is 243 g/mol. The van der Waals surface area contributed by atoms with Gasteiger partial charge in [0.25, 0.3) is 0 Å². The van der Waals surface area contributed by atoms with Crippen molar-refractivity contribution in [1.82, 2.24) is 5.32 Å². The Kier molecular flexibility index (Phi) is 5.77. The molecule has 0 aromatic carbocycles. The van der Waals surface area contributed by atoms with Gasteiger partial charge in [-0.15, -0.1) is 12.4 Å². The van der Waals surface area contributed by atoms with Crippen molar-refractivity contribution in [3.63, 3.8) is 0 Å².